The summed E-state index contributed by atoms with van der Waals surface area (Å²) in [4.78, 5) is 9.95. The summed E-state index contributed by atoms with van der Waals surface area (Å²) >= 11 is 3.95. The number of aldehydes is 1. The van der Waals surface area contributed by atoms with Crippen LogP contribution in [-0.4, -0.2) is 29.3 Å². The van der Waals surface area contributed by atoms with Gasteiger partial charge in [0, 0.05) is 12.2 Å². The number of carbonyl (C=O) groups excluding carboxylic acids is 1. The van der Waals surface area contributed by atoms with E-state index in [0.29, 0.717) is 5.92 Å². The van der Waals surface area contributed by atoms with Crippen LogP contribution in [0.1, 0.15) is 19.3 Å². The smallest absolute Gasteiger partial charge is 0.120 e. The standard InChI is InChI=1S/C6H10OS.C5H8S/c7-3-1-6-2-4-8-5-6;1-5-2-3-6-4-5/h3,6H,1-2,4-5H2;1-4H2. The maximum absolute atomic E-state index is 9.95. The highest BCUT2D eigenvalue weighted by molar-refractivity contribution is 7.99. The maximum Gasteiger partial charge on any atom is 0.120 e. The van der Waals surface area contributed by atoms with Crippen molar-refractivity contribution in [3.05, 3.63) is 12.2 Å². The minimum Gasteiger partial charge on any atom is -0.303 e. The normalized spacial score (nSPS) is 25.7. The lowest BCUT2D eigenvalue weighted by Gasteiger charge is -1.97. The molecule has 0 aromatic rings. The lowest BCUT2D eigenvalue weighted by molar-refractivity contribution is -0.108. The van der Waals surface area contributed by atoms with Gasteiger partial charge in [-0.3, -0.25) is 0 Å². The van der Waals surface area contributed by atoms with Gasteiger partial charge in [0.15, 0.2) is 0 Å². The molecule has 2 aliphatic rings. The third kappa shape index (κ3) is 5.11. The molecule has 3 heteroatoms. The van der Waals surface area contributed by atoms with E-state index < -0.39 is 0 Å². The van der Waals surface area contributed by atoms with Gasteiger partial charge in [0.05, 0.1) is 0 Å². The topological polar surface area (TPSA) is 17.1 Å². The van der Waals surface area contributed by atoms with Crippen LogP contribution < -0.4 is 0 Å². The molecule has 0 radical (unpaired) electrons. The fourth-order valence-corrected chi connectivity index (χ4v) is 3.72. The van der Waals surface area contributed by atoms with E-state index in [-0.39, 0.29) is 0 Å². The summed E-state index contributed by atoms with van der Waals surface area (Å²) in [5.74, 6) is 5.69. The summed E-state index contributed by atoms with van der Waals surface area (Å²) in [6, 6.07) is 0. The maximum atomic E-state index is 9.95. The zero-order valence-corrected chi connectivity index (χ0v) is 10.2. The zero-order chi connectivity index (χ0) is 10.2. The molecule has 2 saturated heterocycles. The predicted octanol–water partition coefficient (Wildman–Crippen LogP) is 3.01. The molecule has 0 N–H and O–H groups in total. The lowest BCUT2D eigenvalue weighted by atomic mass is 10.1. The summed E-state index contributed by atoms with van der Waals surface area (Å²) in [7, 11) is 0. The number of hydrogen-bond acceptors (Lipinski definition) is 3. The molecule has 0 aromatic carbocycles. The summed E-state index contributed by atoms with van der Waals surface area (Å²) in [5.41, 5.74) is 1.42. The van der Waals surface area contributed by atoms with Gasteiger partial charge in [0.25, 0.3) is 0 Å². The van der Waals surface area contributed by atoms with Crippen molar-refractivity contribution >= 4 is 29.8 Å². The zero-order valence-electron chi connectivity index (χ0n) is 8.54. The first-order valence-electron chi connectivity index (χ1n) is 5.08. The van der Waals surface area contributed by atoms with E-state index in [0.717, 1.165) is 12.7 Å². The van der Waals surface area contributed by atoms with Gasteiger partial charge in [-0.2, -0.15) is 23.5 Å². The van der Waals surface area contributed by atoms with Crippen molar-refractivity contribution in [3.63, 3.8) is 0 Å². The molecule has 1 nitrogen and oxygen atoms in total. The van der Waals surface area contributed by atoms with Gasteiger partial charge in [-0.05, 0) is 36.0 Å². The van der Waals surface area contributed by atoms with Crippen LogP contribution in [0.3, 0.4) is 0 Å². The average molecular weight is 230 g/mol. The summed E-state index contributed by atoms with van der Waals surface area (Å²) < 4.78 is 0. The molecular weight excluding hydrogens is 212 g/mol. The molecule has 0 amide bonds. The Hall–Kier alpha value is 0.110. The fraction of sp³-hybridized carbons (Fsp3) is 0.727. The van der Waals surface area contributed by atoms with Crippen LogP contribution in [0.5, 0.6) is 0 Å². The second-order valence-corrected chi connectivity index (χ2v) is 5.94. The van der Waals surface area contributed by atoms with Crippen molar-refractivity contribution < 1.29 is 4.79 Å². The van der Waals surface area contributed by atoms with Crippen LogP contribution in [0.4, 0.5) is 0 Å². The third-order valence-corrected chi connectivity index (χ3v) is 4.70. The van der Waals surface area contributed by atoms with Crippen LogP contribution in [0, 0.1) is 5.92 Å². The number of thioether (sulfide) groups is 2. The van der Waals surface area contributed by atoms with E-state index in [1.54, 1.807) is 0 Å². The largest absolute Gasteiger partial charge is 0.303 e. The van der Waals surface area contributed by atoms with Gasteiger partial charge in [-0.25, -0.2) is 0 Å². The average Bonchev–Trinajstić information content (AvgIpc) is 2.79. The Morgan fingerprint density at radius 3 is 2.64 bits per heavy atom. The van der Waals surface area contributed by atoms with E-state index in [4.69, 9.17) is 0 Å². The number of carbonyl (C=O) groups is 1. The van der Waals surface area contributed by atoms with E-state index >= 15 is 0 Å². The lowest BCUT2D eigenvalue weighted by Crippen LogP contribution is -1.96. The third-order valence-electron chi connectivity index (χ3n) is 2.36. The second kappa shape index (κ2) is 7.41. The molecule has 0 aromatic heterocycles. The van der Waals surface area contributed by atoms with E-state index in [9.17, 15) is 4.79 Å². The van der Waals surface area contributed by atoms with Crippen LogP contribution >= 0.6 is 23.5 Å². The van der Waals surface area contributed by atoms with Gasteiger partial charge < -0.3 is 4.79 Å². The molecular formula is C11H18OS2. The molecule has 0 bridgehead atoms. The summed E-state index contributed by atoms with van der Waals surface area (Å²) in [5, 5.41) is 0. The monoisotopic (exact) mass is 230 g/mol. The van der Waals surface area contributed by atoms with E-state index in [1.807, 2.05) is 23.5 Å². The molecule has 0 aliphatic carbocycles. The Labute approximate surface area is 95.1 Å². The molecule has 14 heavy (non-hydrogen) atoms. The first kappa shape index (κ1) is 12.2. The van der Waals surface area contributed by atoms with Crippen LogP contribution in [0.15, 0.2) is 12.2 Å². The predicted molar refractivity (Wildman–Crippen MR) is 67.2 cm³/mol. The first-order valence-corrected chi connectivity index (χ1v) is 7.39. The van der Waals surface area contributed by atoms with Crippen molar-refractivity contribution in [1.82, 2.24) is 0 Å². The summed E-state index contributed by atoms with van der Waals surface area (Å²) in [6.07, 6.45) is 4.33. The Morgan fingerprint density at radius 2 is 2.29 bits per heavy atom. The number of hydrogen-bond donors (Lipinski definition) is 0. The minimum atomic E-state index is 0.706. The summed E-state index contributed by atoms with van der Waals surface area (Å²) in [6.45, 7) is 3.83. The highest BCUT2D eigenvalue weighted by Crippen LogP contribution is 2.24. The van der Waals surface area contributed by atoms with Crippen molar-refractivity contribution in [2.24, 2.45) is 5.92 Å². The Bertz CT molecular complexity index is 178. The molecule has 0 spiro atoms. The molecule has 2 aliphatic heterocycles. The molecule has 2 rings (SSSR count). The van der Waals surface area contributed by atoms with Gasteiger partial charge in [0.1, 0.15) is 6.29 Å². The SMILES string of the molecule is C=C1CCSC1.O=CCC1CCSC1. The van der Waals surface area contributed by atoms with E-state index in [2.05, 4.69) is 6.58 Å². The fourth-order valence-electron chi connectivity index (χ4n) is 1.41. The highest BCUT2D eigenvalue weighted by Gasteiger charge is 2.13. The van der Waals surface area contributed by atoms with Crippen LogP contribution in [0.25, 0.3) is 0 Å². The number of rotatable bonds is 2. The molecule has 1 atom stereocenters. The van der Waals surface area contributed by atoms with Crippen molar-refractivity contribution in [3.8, 4) is 0 Å². The molecule has 80 valence electrons. The molecule has 1 unspecified atom stereocenters. The van der Waals surface area contributed by atoms with Crippen LogP contribution in [-0.2, 0) is 4.79 Å². The van der Waals surface area contributed by atoms with Crippen molar-refractivity contribution in [2.75, 3.05) is 23.0 Å². The first-order chi connectivity index (χ1) is 6.83. The molecule has 0 saturated carbocycles. The van der Waals surface area contributed by atoms with Gasteiger partial charge in [0.2, 0.25) is 0 Å². The Kier molecular flexibility index (Phi) is 6.45. The molecule has 2 heterocycles. The second-order valence-electron chi connectivity index (χ2n) is 3.68. The van der Waals surface area contributed by atoms with Crippen molar-refractivity contribution in [2.45, 2.75) is 19.3 Å². The van der Waals surface area contributed by atoms with Gasteiger partial charge in [-0.1, -0.05) is 12.2 Å². The quantitative estimate of drug-likeness (QED) is 0.536. The minimum absolute atomic E-state index is 0.706. The van der Waals surface area contributed by atoms with Gasteiger partial charge >= 0.3 is 0 Å². The Morgan fingerprint density at radius 1 is 1.43 bits per heavy atom. The molecule has 2 fully saturated rings. The van der Waals surface area contributed by atoms with E-state index in [1.165, 1.54) is 41.4 Å². The van der Waals surface area contributed by atoms with Gasteiger partial charge in [-0.15, -0.1) is 0 Å². The van der Waals surface area contributed by atoms with Crippen LogP contribution in [0.2, 0.25) is 0 Å². The highest BCUT2D eigenvalue weighted by atomic mass is 32.2. The Balaban J connectivity index is 0.000000146. The van der Waals surface area contributed by atoms with Crippen molar-refractivity contribution in [1.29, 1.82) is 0 Å².